The van der Waals surface area contributed by atoms with Crippen LogP contribution in [0.5, 0.6) is 5.88 Å². The molecule has 2 amide bonds. The lowest BCUT2D eigenvalue weighted by atomic mass is 9.63. The van der Waals surface area contributed by atoms with E-state index in [1.54, 1.807) is 6.07 Å². The number of aromatic amines is 1. The Bertz CT molecular complexity index is 1510. The van der Waals surface area contributed by atoms with Crippen molar-refractivity contribution in [2.45, 2.75) is 49.4 Å². The van der Waals surface area contributed by atoms with Crippen LogP contribution in [-0.4, -0.2) is 57.1 Å². The summed E-state index contributed by atoms with van der Waals surface area (Å²) in [7, 11) is 0. The first-order valence-electron chi connectivity index (χ1n) is 12.0. The monoisotopic (exact) mass is 528 g/mol. The fraction of sp³-hybridized carbons (Fsp3) is 0.400. The van der Waals surface area contributed by atoms with Gasteiger partial charge >= 0.3 is 6.18 Å². The number of carbonyl (C=O) groups is 2. The number of pyridine rings is 1. The van der Waals surface area contributed by atoms with Gasteiger partial charge in [0.1, 0.15) is 35.5 Å². The van der Waals surface area contributed by atoms with E-state index in [4.69, 9.17) is 4.74 Å². The highest BCUT2D eigenvalue weighted by Crippen LogP contribution is 2.55. The van der Waals surface area contributed by atoms with Crippen molar-refractivity contribution in [3.8, 4) is 11.9 Å². The van der Waals surface area contributed by atoms with E-state index in [1.165, 1.54) is 34.1 Å². The van der Waals surface area contributed by atoms with E-state index in [9.17, 15) is 28.0 Å². The molecule has 1 N–H and O–H groups in total. The van der Waals surface area contributed by atoms with Crippen molar-refractivity contribution in [3.05, 3.63) is 47.4 Å². The van der Waals surface area contributed by atoms with Crippen LogP contribution in [0.1, 0.15) is 36.9 Å². The second-order valence-electron chi connectivity index (χ2n) is 9.74. The molecule has 2 aromatic heterocycles. The molecule has 1 atom stereocenters. The molecule has 2 aliphatic heterocycles. The summed E-state index contributed by atoms with van der Waals surface area (Å²) in [6.07, 6.45) is -3.92. The highest BCUT2D eigenvalue weighted by atomic mass is 19.4. The first-order valence-corrected chi connectivity index (χ1v) is 12.0. The fourth-order valence-electron chi connectivity index (χ4n) is 5.76. The van der Waals surface area contributed by atoms with Crippen LogP contribution < -0.4 is 9.64 Å². The van der Waals surface area contributed by atoms with E-state index in [2.05, 4.69) is 16.2 Å². The van der Waals surface area contributed by atoms with Crippen molar-refractivity contribution in [2.24, 2.45) is 0 Å². The molecule has 9 nitrogen and oxygen atoms in total. The lowest BCUT2D eigenvalue weighted by Crippen LogP contribution is -2.55. The number of carbonyl (C=O) groups excluding carboxylic acids is 2. The van der Waals surface area contributed by atoms with Crippen LogP contribution in [0.2, 0.25) is 0 Å². The minimum absolute atomic E-state index is 0.0219. The molecular formula is C25H20F4N6O3. The van der Waals surface area contributed by atoms with Gasteiger partial charge in [0, 0.05) is 31.0 Å². The van der Waals surface area contributed by atoms with Gasteiger partial charge in [-0.15, -0.1) is 0 Å². The summed E-state index contributed by atoms with van der Waals surface area (Å²) < 4.78 is 60.6. The van der Waals surface area contributed by atoms with Crippen LogP contribution in [0.25, 0.3) is 11.0 Å². The molecule has 13 heteroatoms. The Morgan fingerprint density at radius 3 is 2.79 bits per heavy atom. The van der Waals surface area contributed by atoms with E-state index >= 15 is 4.39 Å². The Morgan fingerprint density at radius 2 is 2.05 bits per heavy atom. The Labute approximate surface area is 213 Å². The predicted molar refractivity (Wildman–Crippen MR) is 123 cm³/mol. The van der Waals surface area contributed by atoms with Gasteiger partial charge in [0.15, 0.2) is 5.69 Å². The number of amides is 2. The summed E-state index contributed by atoms with van der Waals surface area (Å²) in [6.45, 7) is 0.0971. The molecule has 1 spiro atoms. The molecule has 4 heterocycles. The molecule has 2 fully saturated rings. The number of hydrogen-bond acceptors (Lipinski definition) is 6. The molecule has 196 valence electrons. The molecule has 1 aliphatic carbocycles. The number of benzene rings is 1. The lowest BCUT2D eigenvalue weighted by Gasteiger charge is -2.43. The van der Waals surface area contributed by atoms with Gasteiger partial charge in [-0.2, -0.15) is 23.5 Å². The van der Waals surface area contributed by atoms with E-state index in [-0.39, 0.29) is 47.8 Å². The van der Waals surface area contributed by atoms with Crippen molar-refractivity contribution in [1.29, 1.82) is 5.26 Å². The number of nitriles is 1. The number of alkyl halides is 3. The number of nitrogens with zero attached hydrogens (tertiary/aromatic N) is 5. The zero-order valence-electron chi connectivity index (χ0n) is 19.8. The van der Waals surface area contributed by atoms with E-state index in [1.807, 2.05) is 5.10 Å². The zero-order chi connectivity index (χ0) is 26.8. The van der Waals surface area contributed by atoms with Crippen molar-refractivity contribution >= 4 is 28.5 Å². The maximum absolute atomic E-state index is 15.1. The number of fused-ring (bicyclic) bond motifs is 3. The number of halogens is 4. The Balaban J connectivity index is 1.23. The first kappa shape index (κ1) is 24.1. The molecule has 1 aromatic carbocycles. The minimum Gasteiger partial charge on any atom is -0.474 e. The van der Waals surface area contributed by atoms with Gasteiger partial charge in [-0.3, -0.25) is 14.7 Å². The van der Waals surface area contributed by atoms with Gasteiger partial charge in [0.25, 0.3) is 0 Å². The Morgan fingerprint density at radius 1 is 1.26 bits per heavy atom. The first-order chi connectivity index (χ1) is 18.1. The van der Waals surface area contributed by atoms with Crippen molar-refractivity contribution in [1.82, 2.24) is 20.1 Å². The van der Waals surface area contributed by atoms with E-state index in [0.29, 0.717) is 25.1 Å². The zero-order valence-corrected chi connectivity index (χ0v) is 19.8. The van der Waals surface area contributed by atoms with Gasteiger partial charge in [-0.05, 0) is 31.0 Å². The number of nitrogens with one attached hydrogen (secondary N) is 1. The number of likely N-dealkylation sites (tertiary alicyclic amines) is 1. The second-order valence-corrected chi connectivity index (χ2v) is 9.74. The van der Waals surface area contributed by atoms with Gasteiger partial charge in [0.05, 0.1) is 17.2 Å². The van der Waals surface area contributed by atoms with Crippen LogP contribution in [0.4, 0.5) is 23.2 Å². The van der Waals surface area contributed by atoms with Crippen LogP contribution in [0.3, 0.4) is 0 Å². The van der Waals surface area contributed by atoms with Crippen LogP contribution in [-0.2, 0) is 21.2 Å². The third-order valence-corrected chi connectivity index (χ3v) is 7.53. The second kappa shape index (κ2) is 8.41. The molecule has 0 radical (unpaired) electrons. The summed E-state index contributed by atoms with van der Waals surface area (Å²) in [4.78, 5) is 33.3. The van der Waals surface area contributed by atoms with Crippen LogP contribution in [0, 0.1) is 17.1 Å². The number of hydrogen-bond donors (Lipinski definition) is 1. The number of rotatable bonds is 4. The molecule has 1 saturated heterocycles. The molecule has 0 bridgehead atoms. The molecule has 1 saturated carbocycles. The fourth-order valence-corrected chi connectivity index (χ4v) is 5.76. The largest absolute Gasteiger partial charge is 0.474 e. The minimum atomic E-state index is -4.68. The Hall–Kier alpha value is -4.21. The third kappa shape index (κ3) is 3.58. The summed E-state index contributed by atoms with van der Waals surface area (Å²) >= 11 is 0. The smallest absolute Gasteiger partial charge is 0.434 e. The quantitative estimate of drug-likeness (QED) is 0.519. The average Bonchev–Trinajstić information content (AvgIpc) is 3.55. The number of H-pyrrole nitrogens is 1. The normalized spacial score (nSPS) is 24.6. The highest BCUT2D eigenvalue weighted by Gasteiger charge is 2.61. The van der Waals surface area contributed by atoms with Gasteiger partial charge < -0.3 is 14.5 Å². The summed E-state index contributed by atoms with van der Waals surface area (Å²) in [5, 5.41) is 14.9. The van der Waals surface area contributed by atoms with E-state index in [0.717, 1.165) is 0 Å². The topological polar surface area (TPSA) is 115 Å². The summed E-state index contributed by atoms with van der Waals surface area (Å²) in [6, 6.07) is 8.54. The molecule has 6 rings (SSSR count). The third-order valence-electron chi connectivity index (χ3n) is 7.53. The summed E-state index contributed by atoms with van der Waals surface area (Å²) in [5.41, 5.74) is -2.26. The van der Waals surface area contributed by atoms with Crippen molar-refractivity contribution in [2.75, 3.05) is 18.0 Å². The van der Waals surface area contributed by atoms with Crippen molar-refractivity contribution < 1.29 is 31.9 Å². The average molecular weight is 528 g/mol. The molecular weight excluding hydrogens is 508 g/mol. The SMILES string of the molecule is N#CC1CCCN1C(=O)CN1C(=O)C2(CC(Oc3ccc4n[nH]c(C(F)(F)F)c4n3)C2)c2c(F)cccc21. The van der Waals surface area contributed by atoms with Gasteiger partial charge in [-0.1, -0.05) is 6.07 Å². The predicted octanol–water partition coefficient (Wildman–Crippen LogP) is 3.46. The summed E-state index contributed by atoms with van der Waals surface area (Å²) in [5.74, 6) is -1.50. The molecule has 38 heavy (non-hydrogen) atoms. The Kier molecular flexibility index (Phi) is 5.34. The molecule has 3 aromatic rings. The lowest BCUT2D eigenvalue weighted by molar-refractivity contribution is -0.140. The van der Waals surface area contributed by atoms with Crippen LogP contribution in [0.15, 0.2) is 30.3 Å². The number of ether oxygens (including phenoxy) is 1. The number of aromatic nitrogens is 3. The maximum Gasteiger partial charge on any atom is 0.434 e. The number of anilines is 1. The van der Waals surface area contributed by atoms with E-state index < -0.39 is 41.2 Å². The molecule has 3 aliphatic rings. The maximum atomic E-state index is 15.1. The molecule has 1 unspecified atom stereocenters. The standard InChI is InChI=1S/C25H20F4N6O3/c26-15-4-1-5-17-20(15)24(23(37)35(17)12-19(36)34-8-2-3-13(34)11-30)9-14(10-24)38-18-7-6-16-21(31-18)22(33-32-16)25(27,28)29/h1,4-7,13-14H,2-3,8-10,12H2,(H,32,33). The highest BCUT2D eigenvalue weighted by molar-refractivity contribution is 6.11. The van der Waals surface area contributed by atoms with Gasteiger partial charge in [-0.25, -0.2) is 9.37 Å². The van der Waals surface area contributed by atoms with Crippen molar-refractivity contribution in [3.63, 3.8) is 0 Å². The van der Waals surface area contributed by atoms with Crippen LogP contribution >= 0.6 is 0 Å². The van der Waals surface area contributed by atoms with Gasteiger partial charge in [0.2, 0.25) is 17.7 Å².